The summed E-state index contributed by atoms with van der Waals surface area (Å²) in [4.78, 5) is 3.78. The molecule has 0 unspecified atom stereocenters. The molecule has 1 aromatic heterocycles. The van der Waals surface area contributed by atoms with E-state index in [0.29, 0.717) is 5.69 Å². The Kier molecular flexibility index (Phi) is 2.32. The highest BCUT2D eigenvalue weighted by Gasteiger charge is 1.95. The number of ether oxygens (including phenoxy) is 1. The van der Waals surface area contributed by atoms with Gasteiger partial charge in [-0.1, -0.05) is 10.3 Å². The highest BCUT2D eigenvalue weighted by molar-refractivity contribution is 5.75. The number of hydrogen-bond acceptors (Lipinski definition) is 6. The van der Waals surface area contributed by atoms with Gasteiger partial charge in [0.25, 0.3) is 0 Å². The zero-order valence-electron chi connectivity index (χ0n) is 5.80. The van der Waals surface area contributed by atoms with Gasteiger partial charge in [-0.15, -0.1) is 0 Å². The van der Waals surface area contributed by atoms with Gasteiger partial charge in [0.05, 0.1) is 19.5 Å². The zero-order valence-corrected chi connectivity index (χ0v) is 5.80. The first-order valence-corrected chi connectivity index (χ1v) is 2.78. The van der Waals surface area contributed by atoms with E-state index in [0.717, 1.165) is 6.21 Å². The molecular weight excluding hydrogens is 148 g/mol. The molecule has 0 fully saturated rings. The summed E-state index contributed by atoms with van der Waals surface area (Å²) in [6.45, 7) is 0. The smallest absolute Gasteiger partial charge is 0.335 e. The van der Waals surface area contributed by atoms with Crippen molar-refractivity contribution in [2.24, 2.45) is 5.16 Å². The van der Waals surface area contributed by atoms with E-state index in [1.54, 1.807) is 0 Å². The van der Waals surface area contributed by atoms with Crippen LogP contribution in [0.15, 0.2) is 11.4 Å². The van der Waals surface area contributed by atoms with Crippen LogP contribution in [-0.2, 0) is 0 Å². The van der Waals surface area contributed by atoms with Crippen LogP contribution >= 0.6 is 0 Å². The molecule has 0 saturated carbocycles. The van der Waals surface area contributed by atoms with Gasteiger partial charge in [-0.05, 0) is 0 Å². The highest BCUT2D eigenvalue weighted by atomic mass is 16.5. The molecule has 0 radical (unpaired) electrons. The number of nitrogens with zero attached hydrogens (tertiary/aromatic N) is 4. The van der Waals surface area contributed by atoms with Gasteiger partial charge in [0.2, 0.25) is 0 Å². The van der Waals surface area contributed by atoms with Crippen LogP contribution in [0.5, 0.6) is 6.01 Å². The van der Waals surface area contributed by atoms with E-state index < -0.39 is 0 Å². The summed E-state index contributed by atoms with van der Waals surface area (Å²) >= 11 is 0. The van der Waals surface area contributed by atoms with Crippen molar-refractivity contribution >= 4 is 6.21 Å². The standard InChI is InChI=1S/C5H6N4O2/c1-11-5-8-4(3-7-10)2-6-9-5/h2-3,10H,1H3/b7-3-. The molecule has 58 valence electrons. The lowest BCUT2D eigenvalue weighted by Gasteiger charge is -1.94. The van der Waals surface area contributed by atoms with Gasteiger partial charge < -0.3 is 9.94 Å². The van der Waals surface area contributed by atoms with Crippen molar-refractivity contribution in [1.82, 2.24) is 15.2 Å². The van der Waals surface area contributed by atoms with Crippen molar-refractivity contribution in [1.29, 1.82) is 0 Å². The van der Waals surface area contributed by atoms with E-state index in [2.05, 4.69) is 25.1 Å². The van der Waals surface area contributed by atoms with Crippen LogP contribution in [0, 0.1) is 0 Å². The van der Waals surface area contributed by atoms with E-state index in [1.807, 2.05) is 0 Å². The fourth-order valence-electron chi connectivity index (χ4n) is 0.507. The van der Waals surface area contributed by atoms with Crippen molar-refractivity contribution < 1.29 is 9.94 Å². The van der Waals surface area contributed by atoms with Gasteiger partial charge >= 0.3 is 6.01 Å². The maximum absolute atomic E-state index is 8.12. The third-order valence-electron chi connectivity index (χ3n) is 0.931. The van der Waals surface area contributed by atoms with E-state index in [4.69, 9.17) is 5.21 Å². The molecule has 0 atom stereocenters. The predicted octanol–water partition coefficient (Wildman–Crippen LogP) is -0.312. The van der Waals surface area contributed by atoms with Crippen LogP contribution in [0.25, 0.3) is 0 Å². The second-order valence-corrected chi connectivity index (χ2v) is 1.61. The number of hydrogen-bond donors (Lipinski definition) is 1. The maximum Gasteiger partial charge on any atom is 0.335 e. The molecule has 0 aromatic carbocycles. The average molecular weight is 154 g/mol. The number of methoxy groups -OCH3 is 1. The molecule has 0 amide bonds. The normalized spacial score (nSPS) is 10.3. The molecule has 0 spiro atoms. The van der Waals surface area contributed by atoms with Crippen LogP contribution in [0.2, 0.25) is 0 Å². The third kappa shape index (κ3) is 1.85. The summed E-state index contributed by atoms with van der Waals surface area (Å²) in [5.41, 5.74) is 0.388. The highest BCUT2D eigenvalue weighted by Crippen LogP contribution is 1.96. The average Bonchev–Trinajstić information content (AvgIpc) is 2.06. The molecule has 0 aliphatic heterocycles. The number of aromatic nitrogens is 3. The lowest BCUT2D eigenvalue weighted by Crippen LogP contribution is -1.97. The molecule has 1 aromatic rings. The summed E-state index contributed by atoms with van der Waals surface area (Å²) in [7, 11) is 1.43. The molecule has 6 nitrogen and oxygen atoms in total. The minimum atomic E-state index is 0.141. The third-order valence-corrected chi connectivity index (χ3v) is 0.931. The van der Waals surface area contributed by atoms with Crippen LogP contribution in [-0.4, -0.2) is 33.7 Å². The first kappa shape index (κ1) is 7.39. The largest absolute Gasteiger partial charge is 0.466 e. The molecule has 1 heterocycles. The van der Waals surface area contributed by atoms with Crippen molar-refractivity contribution in [2.45, 2.75) is 0 Å². The second kappa shape index (κ2) is 3.45. The fraction of sp³-hybridized carbons (Fsp3) is 0.200. The fourth-order valence-corrected chi connectivity index (χ4v) is 0.507. The molecule has 1 N–H and O–H groups in total. The summed E-state index contributed by atoms with van der Waals surface area (Å²) in [5.74, 6) is 0. The summed E-state index contributed by atoms with van der Waals surface area (Å²) in [6, 6.07) is 0.141. The zero-order chi connectivity index (χ0) is 8.10. The molecule has 0 aliphatic rings. The van der Waals surface area contributed by atoms with Crippen LogP contribution in [0.3, 0.4) is 0 Å². The minimum Gasteiger partial charge on any atom is -0.466 e. The number of oxime groups is 1. The van der Waals surface area contributed by atoms with E-state index in [-0.39, 0.29) is 6.01 Å². The van der Waals surface area contributed by atoms with Gasteiger partial charge in [-0.3, -0.25) is 0 Å². The lowest BCUT2D eigenvalue weighted by atomic mass is 10.5. The Morgan fingerprint density at radius 3 is 3.18 bits per heavy atom. The van der Waals surface area contributed by atoms with Gasteiger partial charge in [-0.2, -0.15) is 10.1 Å². The van der Waals surface area contributed by atoms with E-state index in [1.165, 1.54) is 13.3 Å². The SMILES string of the molecule is COc1nncc(/C=N\O)n1. The van der Waals surface area contributed by atoms with Crippen molar-refractivity contribution in [3.05, 3.63) is 11.9 Å². The molecule has 6 heteroatoms. The van der Waals surface area contributed by atoms with Gasteiger partial charge in [-0.25, -0.2) is 0 Å². The van der Waals surface area contributed by atoms with Crippen LogP contribution in [0.4, 0.5) is 0 Å². The van der Waals surface area contributed by atoms with Gasteiger partial charge in [0.15, 0.2) is 0 Å². The molecule has 1 rings (SSSR count). The molecule has 0 saturated heterocycles. The maximum atomic E-state index is 8.12. The van der Waals surface area contributed by atoms with Crippen molar-refractivity contribution in [3.8, 4) is 6.01 Å². The Balaban J connectivity index is 2.91. The quantitative estimate of drug-likeness (QED) is 0.359. The Morgan fingerprint density at radius 1 is 1.73 bits per heavy atom. The Bertz CT molecular complexity index is 262. The van der Waals surface area contributed by atoms with Gasteiger partial charge in [0.1, 0.15) is 5.69 Å². The summed E-state index contributed by atoms with van der Waals surface area (Å²) in [5, 5.41) is 17.9. The lowest BCUT2D eigenvalue weighted by molar-refractivity contribution is 0.321. The summed E-state index contributed by atoms with van der Waals surface area (Å²) in [6.07, 6.45) is 2.49. The number of rotatable bonds is 2. The molecular formula is C5H6N4O2. The monoisotopic (exact) mass is 154 g/mol. The van der Waals surface area contributed by atoms with E-state index >= 15 is 0 Å². The Labute approximate surface area is 62.5 Å². The predicted molar refractivity (Wildman–Crippen MR) is 35.8 cm³/mol. The Morgan fingerprint density at radius 2 is 2.55 bits per heavy atom. The van der Waals surface area contributed by atoms with Crippen molar-refractivity contribution in [2.75, 3.05) is 7.11 Å². The molecule has 0 aliphatic carbocycles. The van der Waals surface area contributed by atoms with Crippen LogP contribution in [0.1, 0.15) is 5.69 Å². The minimum absolute atomic E-state index is 0.141. The van der Waals surface area contributed by atoms with Crippen LogP contribution < -0.4 is 4.74 Å². The van der Waals surface area contributed by atoms with Gasteiger partial charge in [0, 0.05) is 0 Å². The second-order valence-electron chi connectivity index (χ2n) is 1.61. The first-order valence-electron chi connectivity index (χ1n) is 2.78. The Hall–Kier alpha value is -1.72. The topological polar surface area (TPSA) is 80.5 Å². The first-order chi connectivity index (χ1) is 5.36. The van der Waals surface area contributed by atoms with Crippen molar-refractivity contribution in [3.63, 3.8) is 0 Å². The molecule has 11 heavy (non-hydrogen) atoms. The molecule has 0 bridgehead atoms. The van der Waals surface area contributed by atoms with E-state index in [9.17, 15) is 0 Å². The summed E-state index contributed by atoms with van der Waals surface area (Å²) < 4.78 is 4.67.